The van der Waals surface area contributed by atoms with Crippen LogP contribution in [0.2, 0.25) is 0 Å². The van der Waals surface area contributed by atoms with Gasteiger partial charge in [-0.3, -0.25) is 0 Å². The van der Waals surface area contributed by atoms with Gasteiger partial charge in [0.25, 0.3) is 0 Å². The fourth-order valence-corrected chi connectivity index (χ4v) is 1.62. The van der Waals surface area contributed by atoms with Gasteiger partial charge >= 0.3 is 5.97 Å². The second-order valence-electron chi connectivity index (χ2n) is 3.90. The van der Waals surface area contributed by atoms with E-state index in [4.69, 9.17) is 4.74 Å². The summed E-state index contributed by atoms with van der Waals surface area (Å²) in [5, 5.41) is 0. The van der Waals surface area contributed by atoms with Crippen molar-refractivity contribution in [1.82, 2.24) is 9.97 Å². The number of ether oxygens (including phenoxy) is 1. The first-order valence-corrected chi connectivity index (χ1v) is 5.26. The lowest BCUT2D eigenvalue weighted by Crippen LogP contribution is -2.12. The molecule has 0 unspecified atom stereocenters. The fraction of sp³-hybridized carbons (Fsp3) is 0.417. The van der Waals surface area contributed by atoms with Crippen LogP contribution in [0, 0.1) is 6.92 Å². The summed E-state index contributed by atoms with van der Waals surface area (Å²) >= 11 is 0. The predicted octanol–water partition coefficient (Wildman–Crippen LogP) is 2.09. The van der Waals surface area contributed by atoms with E-state index in [1.54, 1.807) is 6.08 Å². The van der Waals surface area contributed by atoms with Crippen molar-refractivity contribution in [3.63, 3.8) is 0 Å². The Hall–Kier alpha value is -1.71. The average Bonchev–Trinajstić information content (AvgIpc) is 3.10. The molecule has 0 N–H and O–H groups in total. The zero-order chi connectivity index (χ0) is 11.7. The summed E-state index contributed by atoms with van der Waals surface area (Å²) in [6.07, 6.45) is 3.80. The van der Waals surface area contributed by atoms with Gasteiger partial charge in [0, 0.05) is 17.2 Å². The minimum Gasteiger partial charge on any atom is -0.464 e. The third kappa shape index (κ3) is 1.83. The van der Waals surface area contributed by atoms with E-state index < -0.39 is 5.97 Å². The molecular weight excluding hydrogens is 204 g/mol. The molecule has 0 atom stereocenters. The first kappa shape index (κ1) is 10.8. The molecule has 1 aromatic heterocycles. The van der Waals surface area contributed by atoms with E-state index in [0.717, 1.165) is 24.4 Å². The summed E-state index contributed by atoms with van der Waals surface area (Å²) in [5.74, 6) is 0.742. The third-order valence-corrected chi connectivity index (χ3v) is 2.68. The van der Waals surface area contributed by atoms with Gasteiger partial charge in [-0.25, -0.2) is 14.8 Å². The number of aryl methyl sites for hydroxylation is 1. The summed E-state index contributed by atoms with van der Waals surface area (Å²) in [7, 11) is 1.35. The van der Waals surface area contributed by atoms with Gasteiger partial charge in [0.1, 0.15) is 5.82 Å². The molecule has 0 aliphatic heterocycles. The lowest BCUT2D eigenvalue weighted by Gasteiger charge is -2.08. The molecule has 1 aliphatic carbocycles. The van der Waals surface area contributed by atoms with Crippen molar-refractivity contribution in [1.29, 1.82) is 0 Å². The molecule has 4 heteroatoms. The van der Waals surface area contributed by atoms with Gasteiger partial charge in [-0.2, -0.15) is 0 Å². The first-order chi connectivity index (χ1) is 7.67. The Morgan fingerprint density at radius 1 is 1.50 bits per heavy atom. The Kier molecular flexibility index (Phi) is 2.73. The second kappa shape index (κ2) is 4.04. The molecule has 4 nitrogen and oxygen atoms in total. The van der Waals surface area contributed by atoms with Crippen molar-refractivity contribution in [2.24, 2.45) is 0 Å². The van der Waals surface area contributed by atoms with Crippen LogP contribution in [0.1, 0.15) is 46.3 Å². The van der Waals surface area contributed by atoms with Gasteiger partial charge in [-0.15, -0.1) is 0 Å². The average molecular weight is 218 g/mol. The molecule has 1 aliphatic rings. The maximum atomic E-state index is 11.6. The second-order valence-corrected chi connectivity index (χ2v) is 3.90. The number of esters is 1. The van der Waals surface area contributed by atoms with Crippen molar-refractivity contribution in [3.8, 4) is 0 Å². The van der Waals surface area contributed by atoms with Crippen LogP contribution in [0.15, 0.2) is 6.58 Å². The van der Waals surface area contributed by atoms with Gasteiger partial charge in [0.05, 0.1) is 7.11 Å². The van der Waals surface area contributed by atoms with Crippen molar-refractivity contribution in [2.75, 3.05) is 7.11 Å². The van der Waals surface area contributed by atoms with E-state index in [9.17, 15) is 4.79 Å². The van der Waals surface area contributed by atoms with Crippen LogP contribution in [0.3, 0.4) is 0 Å². The van der Waals surface area contributed by atoms with Crippen LogP contribution in [-0.4, -0.2) is 23.0 Å². The van der Waals surface area contributed by atoms with Gasteiger partial charge < -0.3 is 4.74 Å². The van der Waals surface area contributed by atoms with E-state index in [2.05, 4.69) is 16.5 Å². The van der Waals surface area contributed by atoms with E-state index in [1.807, 2.05) is 6.92 Å². The molecule has 0 saturated heterocycles. The number of hydrogen-bond donors (Lipinski definition) is 0. The minimum atomic E-state index is -0.428. The maximum Gasteiger partial charge on any atom is 0.357 e. The molecule has 0 amide bonds. The van der Waals surface area contributed by atoms with E-state index >= 15 is 0 Å². The van der Waals surface area contributed by atoms with Crippen LogP contribution >= 0.6 is 0 Å². The molecule has 0 aromatic carbocycles. The van der Waals surface area contributed by atoms with E-state index in [-0.39, 0.29) is 0 Å². The lowest BCUT2D eigenvalue weighted by atomic mass is 10.1. The zero-order valence-corrected chi connectivity index (χ0v) is 9.49. The minimum absolute atomic E-state index is 0.326. The topological polar surface area (TPSA) is 52.1 Å². The van der Waals surface area contributed by atoms with Gasteiger partial charge in [-0.05, 0) is 19.8 Å². The largest absolute Gasteiger partial charge is 0.464 e. The van der Waals surface area contributed by atoms with Gasteiger partial charge in [0.15, 0.2) is 5.69 Å². The molecule has 16 heavy (non-hydrogen) atoms. The highest BCUT2D eigenvalue weighted by Crippen LogP contribution is 2.38. The highest BCUT2D eigenvalue weighted by atomic mass is 16.5. The first-order valence-electron chi connectivity index (χ1n) is 5.26. The maximum absolute atomic E-state index is 11.6. The summed E-state index contributed by atoms with van der Waals surface area (Å²) in [6, 6.07) is 0. The fourth-order valence-electron chi connectivity index (χ4n) is 1.62. The Morgan fingerprint density at radius 2 is 2.19 bits per heavy atom. The van der Waals surface area contributed by atoms with Crippen LogP contribution in [0.25, 0.3) is 6.08 Å². The van der Waals surface area contributed by atoms with Crippen molar-refractivity contribution < 1.29 is 9.53 Å². The quantitative estimate of drug-likeness (QED) is 0.729. The third-order valence-electron chi connectivity index (χ3n) is 2.68. The standard InChI is InChI=1S/C12H14N2O2/c1-4-9-7(2)13-11(8-5-6-8)14-10(9)12(15)16-3/h4,8H,1,5-6H2,2-3H3. The summed E-state index contributed by atoms with van der Waals surface area (Å²) in [6.45, 7) is 5.53. The zero-order valence-electron chi connectivity index (χ0n) is 9.49. The molecule has 1 saturated carbocycles. The summed E-state index contributed by atoms with van der Waals surface area (Å²) in [5.41, 5.74) is 1.77. The predicted molar refractivity (Wildman–Crippen MR) is 60.2 cm³/mol. The number of aromatic nitrogens is 2. The van der Waals surface area contributed by atoms with Crippen molar-refractivity contribution in [2.45, 2.75) is 25.7 Å². The molecule has 1 aromatic rings. The Bertz CT molecular complexity index is 451. The van der Waals surface area contributed by atoms with Crippen LogP contribution in [-0.2, 0) is 4.74 Å². The van der Waals surface area contributed by atoms with Crippen LogP contribution in [0.5, 0.6) is 0 Å². The summed E-state index contributed by atoms with van der Waals surface area (Å²) < 4.78 is 4.71. The Balaban J connectivity index is 2.53. The number of methoxy groups -OCH3 is 1. The van der Waals surface area contributed by atoms with Gasteiger partial charge in [0.2, 0.25) is 0 Å². The SMILES string of the molecule is C=Cc1c(C)nc(C2CC2)nc1C(=O)OC. The smallest absolute Gasteiger partial charge is 0.357 e. The van der Waals surface area contributed by atoms with E-state index in [0.29, 0.717) is 17.2 Å². The Labute approximate surface area is 94.4 Å². The number of carbonyl (C=O) groups excluding carboxylic acids is 1. The molecule has 0 bridgehead atoms. The molecule has 84 valence electrons. The summed E-state index contributed by atoms with van der Waals surface area (Å²) in [4.78, 5) is 20.3. The number of rotatable bonds is 3. The highest BCUT2D eigenvalue weighted by molar-refractivity contribution is 5.91. The molecule has 2 rings (SSSR count). The van der Waals surface area contributed by atoms with Crippen molar-refractivity contribution >= 4 is 12.0 Å². The van der Waals surface area contributed by atoms with Crippen LogP contribution < -0.4 is 0 Å². The molecule has 1 heterocycles. The number of nitrogens with zero attached hydrogens (tertiary/aromatic N) is 2. The number of carbonyl (C=O) groups is 1. The molecule has 0 radical (unpaired) electrons. The normalized spacial score (nSPS) is 14.6. The lowest BCUT2D eigenvalue weighted by molar-refractivity contribution is 0.0593. The molecule has 0 spiro atoms. The Morgan fingerprint density at radius 3 is 2.69 bits per heavy atom. The monoisotopic (exact) mass is 218 g/mol. The van der Waals surface area contributed by atoms with Gasteiger partial charge in [-0.1, -0.05) is 12.7 Å². The van der Waals surface area contributed by atoms with Crippen molar-refractivity contribution in [3.05, 3.63) is 29.4 Å². The highest BCUT2D eigenvalue weighted by Gasteiger charge is 2.29. The van der Waals surface area contributed by atoms with Crippen LogP contribution in [0.4, 0.5) is 0 Å². The molecular formula is C12H14N2O2. The number of hydrogen-bond acceptors (Lipinski definition) is 4. The van der Waals surface area contributed by atoms with E-state index in [1.165, 1.54) is 7.11 Å². The molecule has 1 fully saturated rings.